The van der Waals surface area contributed by atoms with Crippen LogP contribution in [-0.2, 0) is 6.54 Å². The van der Waals surface area contributed by atoms with Gasteiger partial charge < -0.3 is 10.1 Å². The van der Waals surface area contributed by atoms with Gasteiger partial charge in [0.1, 0.15) is 0 Å². The summed E-state index contributed by atoms with van der Waals surface area (Å²) in [6, 6.07) is 10.4. The number of anilines is 1. The lowest BCUT2D eigenvalue weighted by atomic mass is 10.1. The summed E-state index contributed by atoms with van der Waals surface area (Å²) in [6.45, 7) is 7.60. The van der Waals surface area contributed by atoms with Crippen LogP contribution in [0.3, 0.4) is 0 Å². The topological polar surface area (TPSA) is 34.1 Å². The zero-order valence-electron chi connectivity index (χ0n) is 11.7. The van der Waals surface area contributed by atoms with Crippen LogP contribution in [0.1, 0.15) is 23.6 Å². The van der Waals surface area contributed by atoms with E-state index in [1.165, 1.54) is 16.7 Å². The van der Waals surface area contributed by atoms with Crippen molar-refractivity contribution in [3.63, 3.8) is 0 Å². The molecule has 1 aromatic heterocycles. The summed E-state index contributed by atoms with van der Waals surface area (Å²) in [5.41, 5.74) is 4.81. The summed E-state index contributed by atoms with van der Waals surface area (Å²) in [4.78, 5) is 4.23. The van der Waals surface area contributed by atoms with Gasteiger partial charge >= 0.3 is 0 Å². The Balaban J connectivity index is 2.10. The quantitative estimate of drug-likeness (QED) is 0.885. The molecule has 0 spiro atoms. The summed E-state index contributed by atoms with van der Waals surface area (Å²) in [5, 5.41) is 3.39. The molecule has 0 aliphatic carbocycles. The fourth-order valence-electron chi connectivity index (χ4n) is 2.01. The average Bonchev–Trinajstić information content (AvgIpc) is 2.40. The first-order valence-corrected chi connectivity index (χ1v) is 6.58. The fourth-order valence-corrected chi connectivity index (χ4v) is 2.01. The van der Waals surface area contributed by atoms with Gasteiger partial charge in [-0.05, 0) is 44.0 Å². The monoisotopic (exact) mass is 256 g/mol. The maximum atomic E-state index is 5.50. The molecule has 19 heavy (non-hydrogen) atoms. The first-order valence-electron chi connectivity index (χ1n) is 6.58. The highest BCUT2D eigenvalue weighted by atomic mass is 16.5. The number of hydrogen-bond acceptors (Lipinski definition) is 3. The number of benzene rings is 1. The highest BCUT2D eigenvalue weighted by Crippen LogP contribution is 2.22. The van der Waals surface area contributed by atoms with Crippen LogP contribution in [0.25, 0.3) is 0 Å². The molecule has 1 aromatic carbocycles. The SMILES string of the molecule is CCOc1ncccc1NCc1ccc(C)cc1C. The fraction of sp³-hybridized carbons (Fsp3) is 0.312. The average molecular weight is 256 g/mol. The van der Waals surface area contributed by atoms with Crippen molar-refractivity contribution >= 4 is 5.69 Å². The highest BCUT2D eigenvalue weighted by Gasteiger charge is 2.04. The van der Waals surface area contributed by atoms with Crippen molar-refractivity contribution in [3.05, 3.63) is 53.2 Å². The summed E-state index contributed by atoms with van der Waals surface area (Å²) in [6.07, 6.45) is 1.74. The molecule has 0 bridgehead atoms. The van der Waals surface area contributed by atoms with E-state index in [0.29, 0.717) is 12.5 Å². The predicted molar refractivity (Wildman–Crippen MR) is 78.6 cm³/mol. The second-order valence-corrected chi connectivity index (χ2v) is 4.57. The molecule has 0 fully saturated rings. The van der Waals surface area contributed by atoms with E-state index >= 15 is 0 Å². The minimum Gasteiger partial charge on any atom is -0.476 e. The largest absolute Gasteiger partial charge is 0.476 e. The van der Waals surface area contributed by atoms with Crippen LogP contribution in [0.2, 0.25) is 0 Å². The molecule has 0 saturated carbocycles. The first kappa shape index (κ1) is 13.4. The summed E-state index contributed by atoms with van der Waals surface area (Å²) in [7, 11) is 0. The van der Waals surface area contributed by atoms with Crippen LogP contribution in [-0.4, -0.2) is 11.6 Å². The molecule has 3 nitrogen and oxygen atoms in total. The van der Waals surface area contributed by atoms with E-state index < -0.39 is 0 Å². The van der Waals surface area contributed by atoms with Gasteiger partial charge in [0.2, 0.25) is 5.88 Å². The number of pyridine rings is 1. The smallest absolute Gasteiger partial charge is 0.237 e. The van der Waals surface area contributed by atoms with Gasteiger partial charge in [-0.15, -0.1) is 0 Å². The van der Waals surface area contributed by atoms with Gasteiger partial charge in [0.15, 0.2) is 0 Å². The summed E-state index contributed by atoms with van der Waals surface area (Å²) in [5.74, 6) is 0.662. The Morgan fingerprint density at radius 1 is 1.21 bits per heavy atom. The van der Waals surface area contributed by atoms with Crippen LogP contribution in [0, 0.1) is 13.8 Å². The third-order valence-electron chi connectivity index (χ3n) is 3.02. The van der Waals surface area contributed by atoms with Crippen molar-refractivity contribution in [1.29, 1.82) is 0 Å². The Bertz CT molecular complexity index is 552. The molecule has 3 heteroatoms. The second kappa shape index (κ2) is 6.23. The van der Waals surface area contributed by atoms with Gasteiger partial charge in [0.25, 0.3) is 0 Å². The lowest BCUT2D eigenvalue weighted by Crippen LogP contribution is -2.05. The third kappa shape index (κ3) is 3.47. The van der Waals surface area contributed by atoms with Crippen molar-refractivity contribution in [2.75, 3.05) is 11.9 Å². The van der Waals surface area contributed by atoms with E-state index in [9.17, 15) is 0 Å². The van der Waals surface area contributed by atoms with Crippen LogP contribution in [0.15, 0.2) is 36.5 Å². The van der Waals surface area contributed by atoms with Crippen LogP contribution >= 0.6 is 0 Å². The zero-order valence-corrected chi connectivity index (χ0v) is 11.7. The molecule has 0 saturated heterocycles. The number of aryl methyl sites for hydroxylation is 2. The lowest BCUT2D eigenvalue weighted by Gasteiger charge is -2.12. The second-order valence-electron chi connectivity index (χ2n) is 4.57. The third-order valence-corrected chi connectivity index (χ3v) is 3.02. The molecule has 0 atom stereocenters. The number of rotatable bonds is 5. The van der Waals surface area contributed by atoms with E-state index in [-0.39, 0.29) is 0 Å². The molecule has 1 N–H and O–H groups in total. The van der Waals surface area contributed by atoms with Crippen molar-refractivity contribution in [2.45, 2.75) is 27.3 Å². The first-order chi connectivity index (χ1) is 9.20. The molecule has 1 heterocycles. The molecular formula is C16H20N2O. The van der Waals surface area contributed by atoms with E-state index in [0.717, 1.165) is 12.2 Å². The van der Waals surface area contributed by atoms with Crippen LogP contribution < -0.4 is 10.1 Å². The van der Waals surface area contributed by atoms with Crippen molar-refractivity contribution in [3.8, 4) is 5.88 Å². The van der Waals surface area contributed by atoms with Gasteiger partial charge in [0.05, 0.1) is 12.3 Å². The van der Waals surface area contributed by atoms with E-state index in [1.54, 1.807) is 6.20 Å². The number of hydrogen-bond donors (Lipinski definition) is 1. The Hall–Kier alpha value is -2.03. The summed E-state index contributed by atoms with van der Waals surface area (Å²) >= 11 is 0. The van der Waals surface area contributed by atoms with Crippen molar-refractivity contribution in [1.82, 2.24) is 4.98 Å². The molecule has 2 aromatic rings. The van der Waals surface area contributed by atoms with Crippen LogP contribution in [0.5, 0.6) is 5.88 Å². The van der Waals surface area contributed by atoms with Gasteiger partial charge in [-0.25, -0.2) is 4.98 Å². The van der Waals surface area contributed by atoms with E-state index in [2.05, 4.69) is 42.3 Å². The highest BCUT2D eigenvalue weighted by molar-refractivity contribution is 5.52. The van der Waals surface area contributed by atoms with Crippen molar-refractivity contribution in [2.24, 2.45) is 0 Å². The maximum Gasteiger partial charge on any atom is 0.237 e. The lowest BCUT2D eigenvalue weighted by molar-refractivity contribution is 0.328. The number of nitrogens with one attached hydrogen (secondary N) is 1. The summed E-state index contributed by atoms with van der Waals surface area (Å²) < 4.78 is 5.50. The molecule has 100 valence electrons. The minimum atomic E-state index is 0.620. The van der Waals surface area contributed by atoms with E-state index in [1.807, 2.05) is 19.1 Å². The Morgan fingerprint density at radius 2 is 2.05 bits per heavy atom. The molecule has 2 rings (SSSR count). The normalized spacial score (nSPS) is 10.3. The Labute approximate surface area is 114 Å². The van der Waals surface area contributed by atoms with Crippen molar-refractivity contribution < 1.29 is 4.74 Å². The van der Waals surface area contributed by atoms with Gasteiger partial charge in [-0.2, -0.15) is 0 Å². The van der Waals surface area contributed by atoms with Gasteiger partial charge in [-0.3, -0.25) is 0 Å². The molecule has 0 amide bonds. The number of ether oxygens (including phenoxy) is 1. The molecular weight excluding hydrogens is 236 g/mol. The standard InChI is InChI=1S/C16H20N2O/c1-4-19-16-15(6-5-9-17-16)18-11-14-8-7-12(2)10-13(14)3/h5-10,18H,4,11H2,1-3H3. The maximum absolute atomic E-state index is 5.50. The Morgan fingerprint density at radius 3 is 2.79 bits per heavy atom. The molecule has 0 aliphatic heterocycles. The number of nitrogens with zero attached hydrogens (tertiary/aromatic N) is 1. The molecule has 0 radical (unpaired) electrons. The number of aromatic nitrogens is 1. The Kier molecular flexibility index (Phi) is 4.39. The zero-order chi connectivity index (χ0) is 13.7. The predicted octanol–water partition coefficient (Wildman–Crippen LogP) is 3.71. The van der Waals surface area contributed by atoms with Gasteiger partial charge in [0, 0.05) is 12.7 Å². The minimum absolute atomic E-state index is 0.620. The van der Waals surface area contributed by atoms with Gasteiger partial charge in [-0.1, -0.05) is 23.8 Å². The van der Waals surface area contributed by atoms with E-state index in [4.69, 9.17) is 4.74 Å². The van der Waals surface area contributed by atoms with Crippen LogP contribution in [0.4, 0.5) is 5.69 Å². The molecule has 0 aliphatic rings. The molecule has 0 unspecified atom stereocenters.